The minimum Gasteiger partial charge on any atom is -0.388 e. The van der Waals surface area contributed by atoms with E-state index in [0.29, 0.717) is 16.8 Å². The molecule has 0 unspecified atom stereocenters. The number of amides is 1. The van der Waals surface area contributed by atoms with Gasteiger partial charge in [-0.3, -0.25) is 4.79 Å². The van der Waals surface area contributed by atoms with Crippen LogP contribution in [0.3, 0.4) is 0 Å². The Labute approximate surface area is 175 Å². The van der Waals surface area contributed by atoms with Crippen LogP contribution < -0.4 is 10.6 Å². The van der Waals surface area contributed by atoms with Crippen LogP contribution in [-0.2, 0) is 11.8 Å². The molecule has 0 saturated carbocycles. The van der Waals surface area contributed by atoms with Crippen LogP contribution in [0.25, 0.3) is 11.0 Å². The number of imidazole rings is 1. The van der Waals surface area contributed by atoms with Crippen molar-refractivity contribution in [2.45, 2.75) is 25.2 Å². The van der Waals surface area contributed by atoms with Crippen molar-refractivity contribution in [1.82, 2.24) is 14.9 Å². The normalized spacial score (nSPS) is 20.3. The standard InChI is InChI=1S/C23H24N4O3/c1-5-11-30-22-17-15(23(29)24-3)12-16-19(25-13(2)27(16)4)20(17)26-18(21(22)28)14-9-7-6-8-10-14/h1,6-10,12,18,21-22,26,28H,11H2,2-4H3,(H,24,29)/t18-,21-,22-/m1/s1. The number of nitrogens with one attached hydrogen (secondary N) is 2. The van der Waals surface area contributed by atoms with Gasteiger partial charge in [0.25, 0.3) is 5.91 Å². The van der Waals surface area contributed by atoms with Crippen LogP contribution in [0.2, 0.25) is 0 Å². The fourth-order valence-electron chi connectivity index (χ4n) is 4.06. The minimum absolute atomic E-state index is 0.00907. The van der Waals surface area contributed by atoms with Gasteiger partial charge in [-0.15, -0.1) is 6.42 Å². The first-order valence-corrected chi connectivity index (χ1v) is 9.74. The first kappa shape index (κ1) is 20.0. The third-order valence-corrected chi connectivity index (χ3v) is 5.65. The lowest BCUT2D eigenvalue weighted by atomic mass is 9.85. The Morgan fingerprint density at radius 1 is 1.40 bits per heavy atom. The number of carbonyl (C=O) groups excluding carboxylic acids is 1. The van der Waals surface area contributed by atoms with Crippen molar-refractivity contribution in [3.8, 4) is 12.3 Å². The molecule has 0 radical (unpaired) electrons. The number of hydrogen-bond donors (Lipinski definition) is 3. The number of anilines is 1. The Kier molecular flexibility index (Phi) is 5.20. The molecule has 0 fully saturated rings. The summed E-state index contributed by atoms with van der Waals surface area (Å²) in [6, 6.07) is 11.0. The Hall–Kier alpha value is -3.34. The Balaban J connectivity index is 2.00. The van der Waals surface area contributed by atoms with Gasteiger partial charge in [0.1, 0.15) is 30.2 Å². The molecule has 30 heavy (non-hydrogen) atoms. The number of aliphatic hydroxyl groups excluding tert-OH is 1. The molecule has 1 aliphatic heterocycles. The van der Waals surface area contributed by atoms with Gasteiger partial charge in [-0.05, 0) is 18.6 Å². The van der Waals surface area contributed by atoms with Gasteiger partial charge in [-0.2, -0.15) is 0 Å². The molecule has 3 atom stereocenters. The van der Waals surface area contributed by atoms with E-state index in [0.717, 1.165) is 22.4 Å². The molecule has 2 heterocycles. The number of aromatic nitrogens is 2. The van der Waals surface area contributed by atoms with E-state index in [-0.39, 0.29) is 12.5 Å². The van der Waals surface area contributed by atoms with Gasteiger partial charge in [0, 0.05) is 25.2 Å². The molecule has 1 aromatic heterocycles. The van der Waals surface area contributed by atoms with E-state index in [2.05, 4.69) is 16.6 Å². The van der Waals surface area contributed by atoms with Crippen LogP contribution in [0.4, 0.5) is 5.69 Å². The highest BCUT2D eigenvalue weighted by atomic mass is 16.5. The summed E-state index contributed by atoms with van der Waals surface area (Å²) in [5.74, 6) is 3.00. The molecule has 7 heteroatoms. The number of carbonyl (C=O) groups is 1. The van der Waals surface area contributed by atoms with E-state index in [1.54, 1.807) is 13.1 Å². The smallest absolute Gasteiger partial charge is 0.251 e. The highest BCUT2D eigenvalue weighted by Crippen LogP contribution is 2.46. The highest BCUT2D eigenvalue weighted by Gasteiger charge is 2.41. The number of fused-ring (bicyclic) bond motifs is 3. The summed E-state index contributed by atoms with van der Waals surface area (Å²) in [6.45, 7) is 1.92. The molecule has 4 rings (SSSR count). The topological polar surface area (TPSA) is 88.4 Å². The molecule has 154 valence electrons. The Morgan fingerprint density at radius 2 is 2.13 bits per heavy atom. The predicted octanol–water partition coefficient (Wildman–Crippen LogP) is 2.46. The van der Waals surface area contributed by atoms with Gasteiger partial charge in [0.15, 0.2) is 0 Å². The maximum absolute atomic E-state index is 12.8. The molecule has 2 aromatic carbocycles. The third-order valence-electron chi connectivity index (χ3n) is 5.65. The number of rotatable bonds is 4. The lowest BCUT2D eigenvalue weighted by Gasteiger charge is -2.38. The van der Waals surface area contributed by atoms with E-state index < -0.39 is 18.2 Å². The summed E-state index contributed by atoms with van der Waals surface area (Å²) in [5, 5.41) is 17.4. The van der Waals surface area contributed by atoms with Gasteiger partial charge >= 0.3 is 0 Å². The number of benzene rings is 2. The summed E-state index contributed by atoms with van der Waals surface area (Å²) in [6.07, 6.45) is 3.68. The van der Waals surface area contributed by atoms with Crippen molar-refractivity contribution in [3.63, 3.8) is 0 Å². The zero-order chi connectivity index (χ0) is 21.4. The molecule has 3 N–H and O–H groups in total. The molecule has 0 bridgehead atoms. The highest BCUT2D eigenvalue weighted by molar-refractivity contribution is 6.04. The van der Waals surface area contributed by atoms with Crippen LogP contribution in [0.1, 0.15) is 39.5 Å². The maximum atomic E-state index is 12.8. The third kappa shape index (κ3) is 3.11. The average molecular weight is 404 g/mol. The summed E-state index contributed by atoms with van der Waals surface area (Å²) in [7, 11) is 3.48. The van der Waals surface area contributed by atoms with Crippen molar-refractivity contribution in [3.05, 3.63) is 58.9 Å². The quantitative estimate of drug-likeness (QED) is 0.582. The van der Waals surface area contributed by atoms with Crippen molar-refractivity contribution in [2.24, 2.45) is 7.05 Å². The van der Waals surface area contributed by atoms with E-state index in [9.17, 15) is 9.90 Å². The summed E-state index contributed by atoms with van der Waals surface area (Å²) in [4.78, 5) is 17.5. The molecule has 0 aliphatic carbocycles. The van der Waals surface area contributed by atoms with Gasteiger partial charge in [-0.25, -0.2) is 4.98 Å². The van der Waals surface area contributed by atoms with E-state index in [4.69, 9.17) is 16.1 Å². The number of aliphatic hydroxyl groups is 1. The van der Waals surface area contributed by atoms with Gasteiger partial charge in [0.05, 0.1) is 17.2 Å². The van der Waals surface area contributed by atoms with E-state index in [1.807, 2.05) is 48.9 Å². The molecular formula is C23H24N4O3. The van der Waals surface area contributed by atoms with Crippen molar-refractivity contribution in [2.75, 3.05) is 19.0 Å². The first-order chi connectivity index (χ1) is 14.5. The number of nitrogens with zero attached hydrogens (tertiary/aromatic N) is 2. The maximum Gasteiger partial charge on any atom is 0.251 e. The Bertz CT molecular complexity index is 1150. The predicted molar refractivity (Wildman–Crippen MR) is 115 cm³/mol. The monoisotopic (exact) mass is 404 g/mol. The first-order valence-electron chi connectivity index (χ1n) is 9.74. The second kappa shape index (κ2) is 7.82. The van der Waals surface area contributed by atoms with Crippen LogP contribution in [-0.4, -0.2) is 40.3 Å². The van der Waals surface area contributed by atoms with Crippen LogP contribution in [0.5, 0.6) is 0 Å². The van der Waals surface area contributed by atoms with Crippen molar-refractivity contribution < 1.29 is 14.6 Å². The number of ether oxygens (including phenoxy) is 1. The van der Waals surface area contributed by atoms with Crippen molar-refractivity contribution >= 4 is 22.6 Å². The SMILES string of the molecule is C#CCO[C@@H]1c2c(C(=O)NC)cc3c(nc(C)n3C)c2N[C@H](c2ccccc2)[C@H]1O. The summed E-state index contributed by atoms with van der Waals surface area (Å²) in [5.41, 5.74) is 4.10. The molecule has 3 aromatic rings. The molecule has 1 aliphatic rings. The minimum atomic E-state index is -0.959. The van der Waals surface area contributed by atoms with Crippen LogP contribution >= 0.6 is 0 Å². The van der Waals surface area contributed by atoms with Gasteiger partial charge in [-0.1, -0.05) is 36.3 Å². The number of aryl methyl sites for hydroxylation is 2. The summed E-state index contributed by atoms with van der Waals surface area (Å²) < 4.78 is 7.84. The number of terminal acetylenes is 1. The second-order valence-electron chi connectivity index (χ2n) is 7.34. The fourth-order valence-corrected chi connectivity index (χ4v) is 4.06. The average Bonchev–Trinajstić information content (AvgIpc) is 3.06. The zero-order valence-corrected chi connectivity index (χ0v) is 17.1. The van der Waals surface area contributed by atoms with Gasteiger partial charge in [0.2, 0.25) is 0 Å². The number of hydrogen-bond acceptors (Lipinski definition) is 5. The Morgan fingerprint density at radius 3 is 2.80 bits per heavy atom. The van der Waals surface area contributed by atoms with Crippen LogP contribution in [0, 0.1) is 19.3 Å². The van der Waals surface area contributed by atoms with Gasteiger partial charge < -0.3 is 25.0 Å². The van der Waals surface area contributed by atoms with E-state index >= 15 is 0 Å². The lowest BCUT2D eigenvalue weighted by Crippen LogP contribution is -2.39. The largest absolute Gasteiger partial charge is 0.388 e. The molecular weight excluding hydrogens is 380 g/mol. The second-order valence-corrected chi connectivity index (χ2v) is 7.34. The lowest BCUT2D eigenvalue weighted by molar-refractivity contribution is -0.0391. The van der Waals surface area contributed by atoms with Crippen LogP contribution in [0.15, 0.2) is 36.4 Å². The zero-order valence-electron chi connectivity index (χ0n) is 17.1. The van der Waals surface area contributed by atoms with E-state index in [1.165, 1.54) is 0 Å². The van der Waals surface area contributed by atoms with Crippen molar-refractivity contribution in [1.29, 1.82) is 0 Å². The molecule has 1 amide bonds. The fraction of sp³-hybridized carbons (Fsp3) is 0.304. The molecule has 7 nitrogen and oxygen atoms in total. The molecule has 0 saturated heterocycles. The molecule has 0 spiro atoms. The summed E-state index contributed by atoms with van der Waals surface area (Å²) >= 11 is 0.